The lowest BCUT2D eigenvalue weighted by atomic mass is 10.1. The van der Waals surface area contributed by atoms with E-state index in [0.29, 0.717) is 19.7 Å². The number of ether oxygens (including phenoxy) is 2. The molecule has 1 aromatic rings. The quantitative estimate of drug-likeness (QED) is 0.905. The molecule has 2 amide bonds. The molecule has 0 aliphatic carbocycles. The summed E-state index contributed by atoms with van der Waals surface area (Å²) in [6.45, 7) is 3.32. The minimum Gasteiger partial charge on any atom is -0.381 e. The summed E-state index contributed by atoms with van der Waals surface area (Å²) in [6, 6.07) is 10.3. The van der Waals surface area contributed by atoms with E-state index < -0.39 is 0 Å². The van der Waals surface area contributed by atoms with Crippen molar-refractivity contribution < 1.29 is 14.3 Å². The molecule has 21 heavy (non-hydrogen) atoms. The zero-order valence-corrected chi connectivity index (χ0v) is 12.2. The van der Waals surface area contributed by atoms with Crippen molar-refractivity contribution in [3.05, 3.63) is 35.9 Å². The molecular formula is C16H22N2O3. The van der Waals surface area contributed by atoms with Crippen LogP contribution in [0.2, 0.25) is 0 Å². The monoisotopic (exact) mass is 290 g/mol. The Morgan fingerprint density at radius 3 is 2.67 bits per heavy atom. The van der Waals surface area contributed by atoms with Gasteiger partial charge in [0.2, 0.25) is 0 Å². The van der Waals surface area contributed by atoms with E-state index in [1.165, 1.54) is 0 Å². The SMILES string of the molecule is O=C(NC1CCOCC1)N1CCO[C@@H](c2ccccc2)C1. The Morgan fingerprint density at radius 2 is 1.90 bits per heavy atom. The van der Waals surface area contributed by atoms with Crippen molar-refractivity contribution in [3.63, 3.8) is 0 Å². The van der Waals surface area contributed by atoms with Crippen LogP contribution in [0.3, 0.4) is 0 Å². The number of nitrogens with zero attached hydrogens (tertiary/aromatic N) is 1. The first-order valence-corrected chi connectivity index (χ1v) is 7.62. The van der Waals surface area contributed by atoms with Gasteiger partial charge in [-0.15, -0.1) is 0 Å². The molecule has 1 aromatic carbocycles. The van der Waals surface area contributed by atoms with E-state index in [0.717, 1.165) is 31.6 Å². The van der Waals surface area contributed by atoms with E-state index in [4.69, 9.17) is 9.47 Å². The van der Waals surface area contributed by atoms with Crippen LogP contribution in [0.5, 0.6) is 0 Å². The molecule has 114 valence electrons. The first-order valence-electron chi connectivity index (χ1n) is 7.62. The van der Waals surface area contributed by atoms with Gasteiger partial charge in [-0.2, -0.15) is 0 Å². The van der Waals surface area contributed by atoms with E-state index in [9.17, 15) is 4.79 Å². The highest BCUT2D eigenvalue weighted by molar-refractivity contribution is 5.74. The van der Waals surface area contributed by atoms with Gasteiger partial charge in [-0.3, -0.25) is 0 Å². The summed E-state index contributed by atoms with van der Waals surface area (Å²) in [5.41, 5.74) is 1.13. The Balaban J connectivity index is 1.56. The second-order valence-corrected chi connectivity index (χ2v) is 5.55. The van der Waals surface area contributed by atoms with Crippen molar-refractivity contribution in [2.75, 3.05) is 32.9 Å². The van der Waals surface area contributed by atoms with E-state index in [1.54, 1.807) is 0 Å². The summed E-state index contributed by atoms with van der Waals surface area (Å²) in [5, 5.41) is 3.11. The summed E-state index contributed by atoms with van der Waals surface area (Å²) < 4.78 is 11.1. The Bertz CT molecular complexity index is 460. The van der Waals surface area contributed by atoms with Gasteiger partial charge < -0.3 is 19.7 Å². The molecule has 1 atom stereocenters. The van der Waals surface area contributed by atoms with Crippen LogP contribution in [0.25, 0.3) is 0 Å². The number of nitrogens with one attached hydrogen (secondary N) is 1. The van der Waals surface area contributed by atoms with Crippen molar-refractivity contribution in [1.29, 1.82) is 0 Å². The first kappa shape index (κ1) is 14.4. The van der Waals surface area contributed by atoms with Crippen molar-refractivity contribution >= 4 is 6.03 Å². The molecule has 1 N–H and O–H groups in total. The molecule has 2 aliphatic rings. The van der Waals surface area contributed by atoms with Crippen molar-refractivity contribution in [2.24, 2.45) is 0 Å². The number of benzene rings is 1. The molecule has 0 bridgehead atoms. The molecule has 5 nitrogen and oxygen atoms in total. The number of rotatable bonds is 2. The molecule has 5 heteroatoms. The molecule has 0 spiro atoms. The first-order chi connectivity index (χ1) is 10.3. The van der Waals surface area contributed by atoms with Crippen LogP contribution >= 0.6 is 0 Å². The maximum atomic E-state index is 12.4. The van der Waals surface area contributed by atoms with Gasteiger partial charge in [-0.1, -0.05) is 30.3 Å². The van der Waals surface area contributed by atoms with Crippen molar-refractivity contribution in [1.82, 2.24) is 10.2 Å². The van der Waals surface area contributed by atoms with Gasteiger partial charge in [-0.25, -0.2) is 4.79 Å². The van der Waals surface area contributed by atoms with E-state index in [2.05, 4.69) is 5.32 Å². The van der Waals surface area contributed by atoms with E-state index in [-0.39, 0.29) is 18.2 Å². The maximum absolute atomic E-state index is 12.4. The lowest BCUT2D eigenvalue weighted by Gasteiger charge is -2.34. The van der Waals surface area contributed by atoms with Crippen LogP contribution in [-0.2, 0) is 9.47 Å². The molecule has 3 rings (SSSR count). The maximum Gasteiger partial charge on any atom is 0.317 e. The standard InChI is InChI=1S/C16H22N2O3/c19-16(17-14-6-9-20-10-7-14)18-8-11-21-15(12-18)13-4-2-1-3-5-13/h1-5,14-15H,6-12H2,(H,17,19)/t15-/m1/s1. The van der Waals surface area contributed by atoms with E-state index in [1.807, 2.05) is 35.2 Å². The van der Waals surface area contributed by atoms with Crippen LogP contribution in [0.1, 0.15) is 24.5 Å². The van der Waals surface area contributed by atoms with Gasteiger partial charge in [0.05, 0.1) is 13.2 Å². The fourth-order valence-electron chi connectivity index (χ4n) is 2.81. The smallest absolute Gasteiger partial charge is 0.317 e. The lowest BCUT2D eigenvalue weighted by Crippen LogP contribution is -2.50. The van der Waals surface area contributed by atoms with Crippen LogP contribution in [0.4, 0.5) is 4.79 Å². The van der Waals surface area contributed by atoms with Crippen molar-refractivity contribution in [3.8, 4) is 0 Å². The number of amides is 2. The largest absolute Gasteiger partial charge is 0.381 e. The second kappa shape index (κ2) is 6.91. The van der Waals surface area contributed by atoms with Crippen LogP contribution in [0.15, 0.2) is 30.3 Å². The zero-order valence-electron chi connectivity index (χ0n) is 12.2. The molecule has 0 saturated carbocycles. The topological polar surface area (TPSA) is 50.8 Å². The van der Waals surface area contributed by atoms with Gasteiger partial charge >= 0.3 is 6.03 Å². The summed E-state index contributed by atoms with van der Waals surface area (Å²) >= 11 is 0. The predicted molar refractivity (Wildman–Crippen MR) is 79.1 cm³/mol. The normalized spacial score (nSPS) is 23.8. The Morgan fingerprint density at radius 1 is 1.14 bits per heavy atom. The summed E-state index contributed by atoms with van der Waals surface area (Å²) in [4.78, 5) is 14.2. The highest BCUT2D eigenvalue weighted by Gasteiger charge is 2.27. The van der Waals surface area contributed by atoms with Crippen LogP contribution < -0.4 is 5.32 Å². The molecule has 2 aliphatic heterocycles. The van der Waals surface area contributed by atoms with Crippen molar-refractivity contribution in [2.45, 2.75) is 25.0 Å². The lowest BCUT2D eigenvalue weighted by molar-refractivity contribution is -0.0165. The fraction of sp³-hybridized carbons (Fsp3) is 0.562. The third kappa shape index (κ3) is 3.74. The highest BCUT2D eigenvalue weighted by Crippen LogP contribution is 2.22. The third-order valence-corrected chi connectivity index (χ3v) is 4.07. The number of carbonyl (C=O) groups is 1. The van der Waals surface area contributed by atoms with Gasteiger partial charge in [0.25, 0.3) is 0 Å². The minimum absolute atomic E-state index is 0.0196. The molecular weight excluding hydrogens is 268 g/mol. The van der Waals surface area contributed by atoms with Crippen LogP contribution in [0, 0.1) is 0 Å². The Kier molecular flexibility index (Phi) is 4.72. The van der Waals surface area contributed by atoms with Gasteiger partial charge in [-0.05, 0) is 18.4 Å². The summed E-state index contributed by atoms with van der Waals surface area (Å²) in [7, 11) is 0. The number of hydrogen-bond donors (Lipinski definition) is 1. The average molecular weight is 290 g/mol. The molecule has 2 fully saturated rings. The highest BCUT2D eigenvalue weighted by atomic mass is 16.5. The Labute approximate surface area is 125 Å². The predicted octanol–water partition coefficient (Wildman–Crippen LogP) is 1.95. The summed E-state index contributed by atoms with van der Waals surface area (Å²) in [5.74, 6) is 0. The number of hydrogen-bond acceptors (Lipinski definition) is 3. The summed E-state index contributed by atoms with van der Waals surface area (Å²) in [6.07, 6.45) is 1.77. The number of morpholine rings is 1. The fourth-order valence-corrected chi connectivity index (χ4v) is 2.81. The van der Waals surface area contributed by atoms with Crippen LogP contribution in [-0.4, -0.2) is 49.9 Å². The van der Waals surface area contributed by atoms with Gasteiger partial charge in [0.15, 0.2) is 0 Å². The molecule has 0 unspecified atom stereocenters. The molecule has 0 aromatic heterocycles. The molecule has 2 saturated heterocycles. The Hall–Kier alpha value is -1.59. The molecule has 0 radical (unpaired) electrons. The number of urea groups is 1. The zero-order chi connectivity index (χ0) is 14.5. The average Bonchev–Trinajstić information content (AvgIpc) is 2.57. The minimum atomic E-state index is -0.0274. The van der Waals surface area contributed by atoms with E-state index >= 15 is 0 Å². The third-order valence-electron chi connectivity index (χ3n) is 4.07. The van der Waals surface area contributed by atoms with Gasteiger partial charge in [0, 0.05) is 25.8 Å². The molecule has 2 heterocycles. The second-order valence-electron chi connectivity index (χ2n) is 5.55. The van der Waals surface area contributed by atoms with Gasteiger partial charge in [0.1, 0.15) is 6.10 Å². The number of carbonyl (C=O) groups excluding carboxylic acids is 1.